The SMILES string of the molecule is ClCCCCCl.[H-].[H-].[H-].[H-].[Mg+2].[Mg+2]. The Bertz CT molecular complexity index is 35.0. The zero-order chi connectivity index (χ0) is 4.83. The molecular weight excluding hydrogens is 168 g/mol. The van der Waals surface area contributed by atoms with E-state index in [1.807, 2.05) is 0 Å². The summed E-state index contributed by atoms with van der Waals surface area (Å²) in [4.78, 5) is 0. The van der Waals surface area contributed by atoms with Crippen molar-refractivity contribution in [2.75, 3.05) is 11.8 Å². The molecule has 0 atom stereocenters. The molecule has 0 saturated heterocycles. The first-order valence-corrected chi connectivity index (χ1v) is 3.10. The zero-order valence-corrected chi connectivity index (χ0v) is 9.34. The Kier molecular flexibility index (Phi) is 33.3. The molecule has 0 amide bonds. The van der Waals surface area contributed by atoms with Gasteiger partial charge in [0.15, 0.2) is 0 Å². The van der Waals surface area contributed by atoms with Crippen LogP contribution in [-0.2, 0) is 0 Å². The smallest absolute Gasteiger partial charge is 1.00 e. The van der Waals surface area contributed by atoms with E-state index in [0.717, 1.165) is 24.6 Å². The fourth-order valence-corrected chi connectivity index (χ4v) is 0.567. The molecule has 0 aromatic carbocycles. The Hall–Kier alpha value is 2.11. The molecule has 0 unspecified atom stereocenters. The van der Waals surface area contributed by atoms with Crippen LogP contribution in [0.1, 0.15) is 18.5 Å². The quantitative estimate of drug-likeness (QED) is 0.353. The second-order valence-corrected chi connectivity index (χ2v) is 1.84. The fraction of sp³-hybridized carbons (Fsp3) is 1.00. The summed E-state index contributed by atoms with van der Waals surface area (Å²) in [6.07, 6.45) is 2.09. The van der Waals surface area contributed by atoms with E-state index in [1.165, 1.54) is 0 Å². The third-order valence-corrected chi connectivity index (χ3v) is 1.05. The normalized spacial score (nSPS) is 6.75. The van der Waals surface area contributed by atoms with Gasteiger partial charge < -0.3 is 5.71 Å². The van der Waals surface area contributed by atoms with Gasteiger partial charge in [-0.05, 0) is 12.8 Å². The Balaban J connectivity index is -0.00000000833. The predicted octanol–water partition coefficient (Wildman–Crippen LogP) is 1.93. The van der Waals surface area contributed by atoms with Crippen LogP contribution in [0.2, 0.25) is 0 Å². The summed E-state index contributed by atoms with van der Waals surface area (Å²) in [5, 5.41) is 0. The summed E-state index contributed by atoms with van der Waals surface area (Å²) >= 11 is 10.6. The molecule has 0 fully saturated rings. The van der Waals surface area contributed by atoms with Gasteiger partial charge in [-0.25, -0.2) is 0 Å². The van der Waals surface area contributed by atoms with E-state index < -0.39 is 0 Å². The average Bonchev–Trinajstić information content (AvgIpc) is 1.61. The van der Waals surface area contributed by atoms with E-state index in [2.05, 4.69) is 0 Å². The summed E-state index contributed by atoms with van der Waals surface area (Å²) in [6, 6.07) is 0. The van der Waals surface area contributed by atoms with Crippen LogP contribution in [0.3, 0.4) is 0 Å². The van der Waals surface area contributed by atoms with Crippen LogP contribution >= 0.6 is 23.2 Å². The van der Waals surface area contributed by atoms with E-state index in [0.29, 0.717) is 0 Å². The predicted molar refractivity (Wildman–Crippen MR) is 46.6 cm³/mol. The van der Waals surface area contributed by atoms with Crippen molar-refractivity contribution in [1.82, 2.24) is 0 Å². The van der Waals surface area contributed by atoms with Crippen molar-refractivity contribution in [2.24, 2.45) is 0 Å². The Morgan fingerprint density at radius 2 is 1.12 bits per heavy atom. The van der Waals surface area contributed by atoms with E-state index >= 15 is 0 Å². The summed E-state index contributed by atoms with van der Waals surface area (Å²) < 4.78 is 0. The van der Waals surface area contributed by atoms with Crippen LogP contribution < -0.4 is 0 Å². The Morgan fingerprint density at radius 3 is 1.25 bits per heavy atom. The molecule has 46 valence electrons. The molecule has 0 aliphatic rings. The monoisotopic (exact) mass is 178 g/mol. The molecular formula is C4H12Cl2Mg2. The summed E-state index contributed by atoms with van der Waals surface area (Å²) in [5.41, 5.74) is 0. The fourth-order valence-electron chi connectivity index (χ4n) is 0.189. The van der Waals surface area contributed by atoms with Crippen LogP contribution in [0.5, 0.6) is 0 Å². The van der Waals surface area contributed by atoms with Gasteiger partial charge >= 0.3 is 46.1 Å². The zero-order valence-electron chi connectivity index (χ0n) is 9.00. The maximum atomic E-state index is 5.32. The van der Waals surface area contributed by atoms with E-state index in [-0.39, 0.29) is 51.8 Å². The molecule has 0 rings (SSSR count). The molecule has 0 aromatic heterocycles. The van der Waals surface area contributed by atoms with Crippen molar-refractivity contribution < 1.29 is 5.71 Å². The molecule has 0 N–H and O–H groups in total. The van der Waals surface area contributed by atoms with Crippen LogP contribution in [0, 0.1) is 0 Å². The Morgan fingerprint density at radius 1 is 0.875 bits per heavy atom. The van der Waals surface area contributed by atoms with Gasteiger partial charge in [0, 0.05) is 11.8 Å². The van der Waals surface area contributed by atoms with Crippen molar-refractivity contribution in [1.29, 1.82) is 0 Å². The van der Waals surface area contributed by atoms with Gasteiger partial charge in [-0.1, -0.05) is 0 Å². The minimum absolute atomic E-state index is 0. The van der Waals surface area contributed by atoms with Crippen LogP contribution in [0.4, 0.5) is 0 Å². The molecule has 0 heterocycles. The van der Waals surface area contributed by atoms with Gasteiger partial charge in [0.1, 0.15) is 0 Å². The van der Waals surface area contributed by atoms with Gasteiger partial charge in [0.25, 0.3) is 0 Å². The molecule has 0 nitrogen and oxygen atoms in total. The van der Waals surface area contributed by atoms with Crippen LogP contribution in [0.25, 0.3) is 0 Å². The van der Waals surface area contributed by atoms with E-state index in [1.54, 1.807) is 0 Å². The molecule has 8 heavy (non-hydrogen) atoms. The summed E-state index contributed by atoms with van der Waals surface area (Å²) in [6.45, 7) is 0. The van der Waals surface area contributed by atoms with Crippen molar-refractivity contribution >= 4 is 69.3 Å². The molecule has 0 aliphatic carbocycles. The minimum atomic E-state index is 0. The molecule has 0 aromatic rings. The van der Waals surface area contributed by atoms with Crippen molar-refractivity contribution in [3.05, 3.63) is 0 Å². The number of hydrogen-bond acceptors (Lipinski definition) is 0. The van der Waals surface area contributed by atoms with Crippen LogP contribution in [-0.4, -0.2) is 57.9 Å². The first-order valence-electron chi connectivity index (χ1n) is 2.03. The third kappa shape index (κ3) is 15.7. The maximum absolute atomic E-state index is 5.32. The van der Waals surface area contributed by atoms with Gasteiger partial charge in [-0.3, -0.25) is 0 Å². The number of unbranched alkanes of at least 4 members (excludes halogenated alkanes) is 1. The van der Waals surface area contributed by atoms with Gasteiger partial charge in [-0.15, -0.1) is 23.2 Å². The van der Waals surface area contributed by atoms with Gasteiger partial charge in [0.2, 0.25) is 0 Å². The van der Waals surface area contributed by atoms with Crippen molar-refractivity contribution in [3.8, 4) is 0 Å². The minimum Gasteiger partial charge on any atom is -1.00 e. The van der Waals surface area contributed by atoms with Gasteiger partial charge in [0.05, 0.1) is 0 Å². The molecule has 0 radical (unpaired) electrons. The van der Waals surface area contributed by atoms with Gasteiger partial charge in [-0.2, -0.15) is 0 Å². The molecule has 0 aliphatic heterocycles. The topological polar surface area (TPSA) is 0 Å². The number of halogens is 2. The second-order valence-electron chi connectivity index (χ2n) is 1.09. The van der Waals surface area contributed by atoms with E-state index in [9.17, 15) is 0 Å². The number of hydrogen-bond donors (Lipinski definition) is 0. The standard InChI is InChI=1S/C4H8Cl2.2Mg.4H/c5-3-1-2-4-6;;;;;;/h1-4H2;;;;;;/q;2*+2;4*-1. The summed E-state index contributed by atoms with van der Waals surface area (Å²) in [5.74, 6) is 1.49. The summed E-state index contributed by atoms with van der Waals surface area (Å²) in [7, 11) is 0. The van der Waals surface area contributed by atoms with Crippen LogP contribution in [0.15, 0.2) is 0 Å². The largest absolute Gasteiger partial charge is 2.00 e. The molecule has 0 bridgehead atoms. The Labute approximate surface area is 98.9 Å². The first kappa shape index (κ1) is 16.6. The van der Waals surface area contributed by atoms with Crippen molar-refractivity contribution in [2.45, 2.75) is 12.8 Å². The first-order chi connectivity index (χ1) is 2.91. The average molecular weight is 180 g/mol. The molecule has 0 spiro atoms. The molecule has 4 heteroatoms. The maximum Gasteiger partial charge on any atom is 2.00 e. The van der Waals surface area contributed by atoms with E-state index in [4.69, 9.17) is 23.2 Å². The number of alkyl halides is 2. The second kappa shape index (κ2) is 16.1. The number of rotatable bonds is 3. The van der Waals surface area contributed by atoms with Crippen molar-refractivity contribution in [3.63, 3.8) is 0 Å². The molecule has 0 saturated carbocycles. The third-order valence-electron chi connectivity index (χ3n) is 0.517.